The summed E-state index contributed by atoms with van der Waals surface area (Å²) >= 11 is 0. The van der Waals surface area contributed by atoms with Crippen molar-refractivity contribution in [1.82, 2.24) is 20.4 Å². The highest BCUT2D eigenvalue weighted by atomic mass is 16.5. The number of carbonyl (C=O) groups excluding carboxylic acids is 1. The highest BCUT2D eigenvalue weighted by molar-refractivity contribution is 5.93. The molecule has 0 aliphatic rings. The van der Waals surface area contributed by atoms with E-state index in [4.69, 9.17) is 9.26 Å². The van der Waals surface area contributed by atoms with Crippen molar-refractivity contribution >= 4 is 17.5 Å². The Balaban J connectivity index is 2.04. The second kappa shape index (κ2) is 7.51. The van der Waals surface area contributed by atoms with Crippen molar-refractivity contribution in [1.29, 1.82) is 0 Å². The Labute approximate surface area is 128 Å². The maximum Gasteiger partial charge on any atom is 0.270 e. The molecule has 0 bridgehead atoms. The van der Waals surface area contributed by atoms with Crippen LogP contribution in [0.5, 0.6) is 0 Å². The average Bonchev–Trinajstić information content (AvgIpc) is 2.88. The Morgan fingerprint density at radius 3 is 2.77 bits per heavy atom. The van der Waals surface area contributed by atoms with Crippen molar-refractivity contribution in [2.24, 2.45) is 0 Å². The van der Waals surface area contributed by atoms with Gasteiger partial charge in [-0.1, -0.05) is 5.16 Å². The zero-order valence-electron chi connectivity index (χ0n) is 12.8. The van der Waals surface area contributed by atoms with E-state index in [-0.39, 0.29) is 5.91 Å². The summed E-state index contributed by atoms with van der Waals surface area (Å²) in [6.07, 6.45) is 0.746. The number of aromatic nitrogens is 3. The normalized spacial score (nSPS) is 10.5. The molecule has 22 heavy (non-hydrogen) atoms. The first-order chi connectivity index (χ1) is 10.6. The molecule has 0 atom stereocenters. The Hall–Kier alpha value is -2.48. The predicted octanol–water partition coefficient (Wildman–Crippen LogP) is 1.59. The number of carbonyl (C=O) groups is 1. The monoisotopic (exact) mass is 305 g/mol. The van der Waals surface area contributed by atoms with Gasteiger partial charge in [-0.05, 0) is 20.3 Å². The lowest BCUT2D eigenvalue weighted by atomic mass is 10.3. The van der Waals surface area contributed by atoms with E-state index in [1.165, 1.54) is 0 Å². The second-order valence-electron chi connectivity index (χ2n) is 4.74. The fraction of sp³-hybridized carbons (Fsp3) is 0.429. The summed E-state index contributed by atoms with van der Waals surface area (Å²) in [5.74, 6) is 1.95. The highest BCUT2D eigenvalue weighted by Crippen LogP contribution is 2.15. The largest absolute Gasteiger partial charge is 0.385 e. The molecule has 0 saturated heterocycles. The molecule has 8 heteroatoms. The zero-order valence-corrected chi connectivity index (χ0v) is 12.8. The molecule has 1 amide bonds. The maximum absolute atomic E-state index is 12.1. The minimum absolute atomic E-state index is 0.249. The summed E-state index contributed by atoms with van der Waals surface area (Å²) < 4.78 is 9.91. The third kappa shape index (κ3) is 4.52. The van der Waals surface area contributed by atoms with E-state index in [1.54, 1.807) is 33.1 Å². The van der Waals surface area contributed by atoms with Crippen LogP contribution in [0.1, 0.15) is 28.5 Å². The fourth-order valence-electron chi connectivity index (χ4n) is 1.81. The van der Waals surface area contributed by atoms with Crippen LogP contribution in [0.3, 0.4) is 0 Å². The number of anilines is 2. The number of hydrogen-bond donors (Lipinski definition) is 2. The number of aryl methyl sites for hydroxylation is 2. The van der Waals surface area contributed by atoms with Crippen molar-refractivity contribution < 1.29 is 14.1 Å². The van der Waals surface area contributed by atoms with E-state index in [2.05, 4.69) is 25.8 Å². The highest BCUT2D eigenvalue weighted by Gasteiger charge is 2.11. The molecule has 0 aromatic carbocycles. The first-order valence-corrected chi connectivity index (χ1v) is 6.91. The molecule has 2 rings (SSSR count). The maximum atomic E-state index is 12.1. The molecule has 0 aliphatic heterocycles. The third-order valence-corrected chi connectivity index (χ3v) is 2.77. The molecule has 0 aliphatic carbocycles. The minimum atomic E-state index is -0.249. The first kappa shape index (κ1) is 15.9. The summed E-state index contributed by atoms with van der Waals surface area (Å²) in [4.78, 5) is 20.4. The van der Waals surface area contributed by atoms with E-state index >= 15 is 0 Å². The van der Waals surface area contributed by atoms with Gasteiger partial charge in [-0.15, -0.1) is 0 Å². The molecule has 0 radical (unpaired) electrons. The van der Waals surface area contributed by atoms with Gasteiger partial charge in [-0.25, -0.2) is 9.97 Å². The molecule has 0 spiro atoms. The van der Waals surface area contributed by atoms with Gasteiger partial charge in [-0.3, -0.25) is 4.79 Å². The number of nitrogens with one attached hydrogen (secondary N) is 2. The van der Waals surface area contributed by atoms with Crippen LogP contribution in [0.4, 0.5) is 11.6 Å². The molecule has 2 N–H and O–H groups in total. The topological polar surface area (TPSA) is 102 Å². The van der Waals surface area contributed by atoms with Crippen LogP contribution >= 0.6 is 0 Å². The van der Waals surface area contributed by atoms with Crippen molar-refractivity contribution in [3.63, 3.8) is 0 Å². The molecule has 2 heterocycles. The third-order valence-electron chi connectivity index (χ3n) is 2.77. The van der Waals surface area contributed by atoms with Gasteiger partial charge in [0.25, 0.3) is 5.91 Å². The standard InChI is InChI=1S/C14H19N5O3/c1-9-7-13(19-22-9)18-12-8-11(16-10(2)17-12)14(20)15-5-4-6-21-3/h7-8H,4-6H2,1-3H3,(H,15,20)(H,16,17,18,19). The molecule has 118 valence electrons. The number of nitrogens with zero attached hydrogens (tertiary/aromatic N) is 3. The lowest BCUT2D eigenvalue weighted by Gasteiger charge is -2.07. The molecule has 2 aromatic rings. The average molecular weight is 305 g/mol. The number of rotatable bonds is 7. The summed E-state index contributed by atoms with van der Waals surface area (Å²) in [7, 11) is 1.62. The van der Waals surface area contributed by atoms with Crippen LogP contribution in [0, 0.1) is 13.8 Å². The SMILES string of the molecule is COCCCNC(=O)c1cc(Nc2cc(C)on2)nc(C)n1. The van der Waals surface area contributed by atoms with E-state index in [0.717, 1.165) is 6.42 Å². The van der Waals surface area contributed by atoms with Gasteiger partial charge < -0.3 is 19.9 Å². The van der Waals surface area contributed by atoms with Crippen molar-refractivity contribution in [2.75, 3.05) is 25.6 Å². The molecule has 0 fully saturated rings. The number of ether oxygens (including phenoxy) is 1. The van der Waals surface area contributed by atoms with Crippen LogP contribution in [-0.4, -0.2) is 41.3 Å². The number of hydrogen-bond acceptors (Lipinski definition) is 7. The summed E-state index contributed by atoms with van der Waals surface area (Å²) in [6.45, 7) is 4.64. The van der Waals surface area contributed by atoms with Crippen LogP contribution < -0.4 is 10.6 Å². The van der Waals surface area contributed by atoms with Gasteiger partial charge in [-0.2, -0.15) is 0 Å². The Morgan fingerprint density at radius 2 is 2.09 bits per heavy atom. The second-order valence-corrected chi connectivity index (χ2v) is 4.74. The van der Waals surface area contributed by atoms with Crippen LogP contribution in [0.2, 0.25) is 0 Å². The smallest absolute Gasteiger partial charge is 0.270 e. The van der Waals surface area contributed by atoms with Crippen LogP contribution in [0.25, 0.3) is 0 Å². The van der Waals surface area contributed by atoms with Gasteiger partial charge in [0.15, 0.2) is 5.82 Å². The van der Waals surface area contributed by atoms with Crippen LogP contribution in [-0.2, 0) is 4.74 Å². The molecule has 0 saturated carbocycles. The first-order valence-electron chi connectivity index (χ1n) is 6.91. The Morgan fingerprint density at radius 1 is 1.27 bits per heavy atom. The fourth-order valence-corrected chi connectivity index (χ4v) is 1.81. The zero-order chi connectivity index (χ0) is 15.9. The molecule has 8 nitrogen and oxygen atoms in total. The lowest BCUT2D eigenvalue weighted by molar-refractivity contribution is 0.0943. The quantitative estimate of drug-likeness (QED) is 0.749. The van der Waals surface area contributed by atoms with Crippen molar-refractivity contribution in [3.05, 3.63) is 29.4 Å². The van der Waals surface area contributed by atoms with E-state index in [0.29, 0.717) is 42.1 Å². The van der Waals surface area contributed by atoms with Crippen molar-refractivity contribution in [2.45, 2.75) is 20.3 Å². The summed E-state index contributed by atoms with van der Waals surface area (Å²) in [6, 6.07) is 3.31. The van der Waals surface area contributed by atoms with E-state index in [1.807, 2.05) is 0 Å². The predicted molar refractivity (Wildman–Crippen MR) is 80.1 cm³/mol. The van der Waals surface area contributed by atoms with Crippen molar-refractivity contribution in [3.8, 4) is 0 Å². The van der Waals surface area contributed by atoms with Gasteiger partial charge in [0.2, 0.25) is 0 Å². The summed E-state index contributed by atoms with van der Waals surface area (Å²) in [5.41, 5.74) is 0.299. The Bertz CT molecular complexity index is 641. The molecule has 2 aromatic heterocycles. The molecule has 0 unspecified atom stereocenters. The summed E-state index contributed by atoms with van der Waals surface area (Å²) in [5, 5.41) is 9.59. The van der Waals surface area contributed by atoms with Gasteiger partial charge in [0, 0.05) is 32.4 Å². The minimum Gasteiger partial charge on any atom is -0.385 e. The van der Waals surface area contributed by atoms with E-state index in [9.17, 15) is 4.79 Å². The van der Waals surface area contributed by atoms with Gasteiger partial charge in [0.05, 0.1) is 0 Å². The van der Waals surface area contributed by atoms with Gasteiger partial charge in [0.1, 0.15) is 23.1 Å². The number of methoxy groups -OCH3 is 1. The van der Waals surface area contributed by atoms with Gasteiger partial charge >= 0.3 is 0 Å². The molecular formula is C14H19N5O3. The van der Waals surface area contributed by atoms with E-state index < -0.39 is 0 Å². The molecular weight excluding hydrogens is 286 g/mol. The van der Waals surface area contributed by atoms with Crippen LogP contribution in [0.15, 0.2) is 16.7 Å². The lowest BCUT2D eigenvalue weighted by Crippen LogP contribution is -2.26. The Kier molecular flexibility index (Phi) is 5.42. The number of amides is 1.